The van der Waals surface area contributed by atoms with Crippen molar-refractivity contribution in [2.24, 2.45) is 0 Å². The zero-order chi connectivity index (χ0) is 30.0. The molecule has 0 aliphatic carbocycles. The van der Waals surface area contributed by atoms with Crippen LogP contribution in [0.1, 0.15) is 63.7 Å². The molecule has 3 rings (SSSR count). The number of aromatic hydroxyl groups is 1. The number of hydrogen-bond donors (Lipinski definition) is 3. The summed E-state index contributed by atoms with van der Waals surface area (Å²) < 4.78 is 12.6. The molecule has 224 valence electrons. The minimum atomic E-state index is -2.10. The van der Waals surface area contributed by atoms with Gasteiger partial charge in [0.1, 0.15) is 5.75 Å². The molecule has 0 aliphatic heterocycles. The zero-order valence-electron chi connectivity index (χ0n) is 25.0. The number of ether oxygens (including phenoxy) is 1. The Kier molecular flexibility index (Phi) is 11.7. The van der Waals surface area contributed by atoms with E-state index in [1.54, 1.807) is 24.3 Å². The van der Waals surface area contributed by atoms with E-state index in [9.17, 15) is 20.0 Å². The Morgan fingerprint density at radius 2 is 1.71 bits per heavy atom. The molecular weight excluding hydrogens is 538 g/mol. The first-order valence-corrected chi connectivity index (χ1v) is 17.3. The highest BCUT2D eigenvalue weighted by Crippen LogP contribution is 2.41. The quantitative estimate of drug-likeness (QED) is 0.0749. The second-order valence-electron chi connectivity index (χ2n) is 12.1. The lowest BCUT2D eigenvalue weighted by atomic mass is 10.0. The van der Waals surface area contributed by atoms with Gasteiger partial charge in [0, 0.05) is 36.7 Å². The van der Waals surface area contributed by atoms with Gasteiger partial charge in [0.15, 0.2) is 8.32 Å². The summed E-state index contributed by atoms with van der Waals surface area (Å²) >= 11 is 0. The summed E-state index contributed by atoms with van der Waals surface area (Å²) in [5.74, 6) is 0.0517. The number of hydrogen-bond acceptors (Lipinski definition) is 7. The number of unbranched alkanes of at least 4 members (excludes halogenated alkanes) is 3. The second kappa shape index (κ2) is 14.7. The molecule has 3 aromatic rings. The highest BCUT2D eigenvalue weighted by Gasteiger charge is 2.39. The first-order chi connectivity index (χ1) is 19.4. The van der Waals surface area contributed by atoms with Crippen LogP contribution < -0.4 is 10.9 Å². The van der Waals surface area contributed by atoms with Crippen molar-refractivity contribution in [3.8, 4) is 5.75 Å². The fourth-order valence-electron chi connectivity index (χ4n) is 4.40. The molecule has 0 aliphatic rings. The summed E-state index contributed by atoms with van der Waals surface area (Å²) in [7, 11) is -2.10. The summed E-state index contributed by atoms with van der Waals surface area (Å²) in [6.07, 6.45) is 4.74. The number of aromatic nitrogens is 1. The number of fused-ring (bicyclic) bond motifs is 1. The number of nitro benzene ring substituents is 1. The van der Waals surface area contributed by atoms with Crippen molar-refractivity contribution in [2.45, 2.75) is 77.1 Å². The molecule has 1 atom stereocenters. The van der Waals surface area contributed by atoms with Gasteiger partial charge < -0.3 is 24.6 Å². The van der Waals surface area contributed by atoms with Crippen LogP contribution in [0, 0.1) is 10.1 Å². The smallest absolute Gasteiger partial charge is 0.269 e. The minimum Gasteiger partial charge on any atom is -0.506 e. The number of H-pyrrole nitrogens is 1. The number of nitrogens with zero attached hydrogens (tertiary/aromatic N) is 1. The summed E-state index contributed by atoms with van der Waals surface area (Å²) in [6, 6.07) is 13.4. The molecule has 2 aromatic carbocycles. The molecule has 0 saturated carbocycles. The number of rotatable bonds is 16. The lowest BCUT2D eigenvalue weighted by Gasteiger charge is -2.39. The molecule has 10 heteroatoms. The fourth-order valence-corrected chi connectivity index (χ4v) is 5.68. The van der Waals surface area contributed by atoms with Crippen LogP contribution in [0.5, 0.6) is 5.75 Å². The van der Waals surface area contributed by atoms with E-state index in [-0.39, 0.29) is 28.1 Å². The van der Waals surface area contributed by atoms with E-state index in [0.29, 0.717) is 25.3 Å². The number of nitrogens with one attached hydrogen (secondary N) is 2. The summed E-state index contributed by atoms with van der Waals surface area (Å²) in [5.41, 5.74) is 2.28. The van der Waals surface area contributed by atoms with Crippen molar-refractivity contribution in [3.63, 3.8) is 0 Å². The Balaban J connectivity index is 1.44. The Morgan fingerprint density at radius 1 is 1.00 bits per heavy atom. The predicted octanol–water partition coefficient (Wildman–Crippen LogP) is 6.61. The molecule has 0 spiro atoms. The van der Waals surface area contributed by atoms with Crippen molar-refractivity contribution in [1.29, 1.82) is 0 Å². The lowest BCUT2D eigenvalue weighted by Crippen LogP contribution is -2.43. The number of phenols is 1. The summed E-state index contributed by atoms with van der Waals surface area (Å²) in [4.78, 5) is 25.0. The van der Waals surface area contributed by atoms with Crippen molar-refractivity contribution in [2.75, 3.05) is 26.3 Å². The molecule has 9 nitrogen and oxygen atoms in total. The van der Waals surface area contributed by atoms with Crippen molar-refractivity contribution >= 4 is 24.9 Å². The van der Waals surface area contributed by atoms with E-state index >= 15 is 0 Å². The molecule has 0 amide bonds. The van der Waals surface area contributed by atoms with Gasteiger partial charge in [-0.15, -0.1) is 0 Å². The summed E-state index contributed by atoms with van der Waals surface area (Å²) in [5, 5.41) is 25.5. The lowest BCUT2D eigenvalue weighted by molar-refractivity contribution is -0.384. The van der Waals surface area contributed by atoms with Crippen molar-refractivity contribution in [3.05, 3.63) is 80.1 Å². The van der Waals surface area contributed by atoms with Crippen LogP contribution in [0.15, 0.2) is 53.3 Å². The number of phenolic OH excluding ortho intramolecular Hbond substituents is 1. The van der Waals surface area contributed by atoms with Crippen molar-refractivity contribution < 1.29 is 19.2 Å². The second-order valence-corrected chi connectivity index (χ2v) is 16.8. The molecule has 0 bridgehead atoms. The monoisotopic (exact) mass is 583 g/mol. The highest BCUT2D eigenvalue weighted by atomic mass is 28.4. The topological polar surface area (TPSA) is 127 Å². The fraction of sp³-hybridized carbons (Fsp3) is 0.516. The van der Waals surface area contributed by atoms with Crippen molar-refractivity contribution in [1.82, 2.24) is 10.3 Å². The van der Waals surface area contributed by atoms with Gasteiger partial charge in [0.05, 0.1) is 23.2 Å². The van der Waals surface area contributed by atoms with Crippen LogP contribution in [-0.2, 0) is 15.6 Å². The zero-order valence-corrected chi connectivity index (χ0v) is 26.0. The van der Waals surface area contributed by atoms with Gasteiger partial charge >= 0.3 is 0 Å². The van der Waals surface area contributed by atoms with Gasteiger partial charge in [-0.05, 0) is 67.2 Å². The third-order valence-corrected chi connectivity index (χ3v) is 12.4. The first-order valence-electron chi connectivity index (χ1n) is 14.4. The predicted molar refractivity (Wildman–Crippen MR) is 166 cm³/mol. The average molecular weight is 584 g/mol. The standard InChI is InChI=1S/C31H45N3O6Si/c1-31(2,3)41(4,5)40-28(25-14-16-27(35)30-26(25)15-17-29(36)33-30)22-32-19-8-6-7-9-20-39-21-18-23-10-12-24(13-11-23)34(37)38/h10-17,28,32,35H,6-9,18-22H2,1-5H3,(H,33,36)/t28-/m0/s1. The average Bonchev–Trinajstić information content (AvgIpc) is 2.91. The molecule has 0 radical (unpaired) electrons. The van der Waals surface area contributed by atoms with E-state index in [0.717, 1.165) is 55.2 Å². The molecule has 0 saturated heterocycles. The normalized spacial score (nSPS) is 13.0. The maximum atomic E-state index is 11.9. The van der Waals surface area contributed by atoms with Gasteiger partial charge in [-0.1, -0.05) is 51.8 Å². The van der Waals surface area contributed by atoms with E-state index < -0.39 is 13.2 Å². The Morgan fingerprint density at radius 3 is 2.39 bits per heavy atom. The molecular formula is C31H45N3O6Si. The van der Waals surface area contributed by atoms with Gasteiger partial charge in [-0.2, -0.15) is 0 Å². The Labute approximate surface area is 243 Å². The largest absolute Gasteiger partial charge is 0.506 e. The first kappa shape index (κ1) is 32.5. The number of non-ortho nitro benzene ring substituents is 1. The number of aromatic amines is 1. The number of nitro groups is 1. The third-order valence-electron chi connectivity index (χ3n) is 7.90. The third kappa shape index (κ3) is 9.49. The molecule has 0 fully saturated rings. The molecule has 0 unspecified atom stereocenters. The van der Waals surface area contributed by atoms with Crippen LogP contribution in [0.25, 0.3) is 10.9 Å². The number of benzene rings is 2. The van der Waals surface area contributed by atoms with Crippen LogP contribution in [-0.4, -0.2) is 49.6 Å². The molecule has 1 aromatic heterocycles. The van der Waals surface area contributed by atoms with Gasteiger partial charge in [-0.3, -0.25) is 14.9 Å². The maximum Gasteiger partial charge on any atom is 0.269 e. The Hall–Kier alpha value is -3.05. The minimum absolute atomic E-state index is 0.0379. The van der Waals surface area contributed by atoms with E-state index in [2.05, 4.69) is 44.2 Å². The number of pyridine rings is 1. The molecule has 3 N–H and O–H groups in total. The molecule has 1 heterocycles. The van der Waals surface area contributed by atoms with E-state index in [1.165, 1.54) is 18.2 Å². The SMILES string of the molecule is CC(C)(C)[Si](C)(C)O[C@@H](CNCCCCCCOCCc1ccc([N+](=O)[O-])cc1)c1ccc(O)c2[nH]c(=O)ccc12. The van der Waals surface area contributed by atoms with Crippen LogP contribution in [0.4, 0.5) is 5.69 Å². The van der Waals surface area contributed by atoms with Gasteiger partial charge in [-0.25, -0.2) is 0 Å². The van der Waals surface area contributed by atoms with Crippen LogP contribution >= 0.6 is 0 Å². The van der Waals surface area contributed by atoms with Gasteiger partial charge in [0.25, 0.3) is 5.69 Å². The summed E-state index contributed by atoms with van der Waals surface area (Å²) in [6.45, 7) is 13.9. The van der Waals surface area contributed by atoms with Crippen LogP contribution in [0.3, 0.4) is 0 Å². The van der Waals surface area contributed by atoms with E-state index in [4.69, 9.17) is 9.16 Å². The highest BCUT2D eigenvalue weighted by molar-refractivity contribution is 6.74. The van der Waals surface area contributed by atoms with Gasteiger partial charge in [0.2, 0.25) is 5.56 Å². The maximum absolute atomic E-state index is 11.9. The Bertz CT molecular complexity index is 1330. The molecule has 41 heavy (non-hydrogen) atoms. The van der Waals surface area contributed by atoms with E-state index in [1.807, 2.05) is 6.07 Å². The van der Waals surface area contributed by atoms with Crippen LogP contribution in [0.2, 0.25) is 18.1 Å².